The Hall–Kier alpha value is -3.07. The van der Waals surface area contributed by atoms with Crippen LogP contribution in [0.2, 0.25) is 0 Å². The van der Waals surface area contributed by atoms with Crippen molar-refractivity contribution >= 4 is 34.6 Å². The van der Waals surface area contributed by atoms with Gasteiger partial charge in [0.05, 0.1) is 43.0 Å². The third kappa shape index (κ3) is 3.40. The number of carbonyl (C=O) groups excluding carboxylic acids is 2. The first kappa shape index (κ1) is 18.3. The van der Waals surface area contributed by atoms with E-state index >= 15 is 0 Å². The highest BCUT2D eigenvalue weighted by molar-refractivity contribution is 8.00. The van der Waals surface area contributed by atoms with E-state index in [4.69, 9.17) is 13.9 Å². The monoisotopic (exact) mass is 400 g/mol. The first-order chi connectivity index (χ1) is 13.6. The number of fused-ring (bicyclic) bond motifs is 1. The van der Waals surface area contributed by atoms with E-state index in [1.807, 2.05) is 0 Å². The molecule has 28 heavy (non-hydrogen) atoms. The van der Waals surface area contributed by atoms with E-state index in [1.165, 1.54) is 41.8 Å². The van der Waals surface area contributed by atoms with Gasteiger partial charge in [0.15, 0.2) is 5.16 Å². The zero-order valence-corrected chi connectivity index (χ0v) is 15.7. The molecule has 0 saturated carbocycles. The molecule has 2 aromatic heterocycles. The predicted octanol–water partition coefficient (Wildman–Crippen LogP) is 2.23. The molecule has 0 radical (unpaired) electrons. The molecule has 0 spiro atoms. The highest BCUT2D eigenvalue weighted by Crippen LogP contribution is 2.29. The first-order valence-electron chi connectivity index (χ1n) is 8.55. The van der Waals surface area contributed by atoms with Crippen LogP contribution < -0.4 is 5.56 Å². The van der Waals surface area contributed by atoms with Gasteiger partial charge in [-0.05, 0) is 30.3 Å². The molecule has 1 atom stereocenters. The number of ether oxygens (including phenoxy) is 2. The van der Waals surface area contributed by atoms with Crippen LogP contribution in [0.1, 0.15) is 22.5 Å². The Bertz CT molecular complexity index is 1110. The summed E-state index contributed by atoms with van der Waals surface area (Å²) in [7, 11) is 1.29. The van der Waals surface area contributed by atoms with Crippen LogP contribution in [0.4, 0.5) is 0 Å². The van der Waals surface area contributed by atoms with Gasteiger partial charge in [-0.2, -0.15) is 0 Å². The summed E-state index contributed by atoms with van der Waals surface area (Å²) in [6.07, 6.45) is 2.07. The summed E-state index contributed by atoms with van der Waals surface area (Å²) in [5, 5.41) is 0.285. The van der Waals surface area contributed by atoms with E-state index in [9.17, 15) is 14.4 Å². The highest BCUT2D eigenvalue weighted by Gasteiger charge is 2.29. The van der Waals surface area contributed by atoms with Crippen molar-refractivity contribution in [1.29, 1.82) is 0 Å². The lowest BCUT2D eigenvalue weighted by Gasteiger charge is -2.14. The SMILES string of the molecule is COC(=O)c1ccc2c(=O)n(Cc3ccco3)c(S[C@H]3CCOC3=O)nc2c1. The molecule has 0 unspecified atom stereocenters. The number of methoxy groups -OCH3 is 1. The molecule has 9 heteroatoms. The number of hydrogen-bond donors (Lipinski definition) is 0. The molecule has 1 aromatic carbocycles. The Morgan fingerprint density at radius 2 is 2.21 bits per heavy atom. The fourth-order valence-corrected chi connectivity index (χ4v) is 4.00. The highest BCUT2D eigenvalue weighted by atomic mass is 32.2. The van der Waals surface area contributed by atoms with E-state index < -0.39 is 11.2 Å². The van der Waals surface area contributed by atoms with Gasteiger partial charge in [-0.3, -0.25) is 14.2 Å². The van der Waals surface area contributed by atoms with Gasteiger partial charge in [-0.1, -0.05) is 11.8 Å². The average molecular weight is 400 g/mol. The second-order valence-corrected chi connectivity index (χ2v) is 7.32. The number of rotatable bonds is 5. The molecule has 1 saturated heterocycles. The van der Waals surface area contributed by atoms with Crippen LogP contribution in [0.3, 0.4) is 0 Å². The van der Waals surface area contributed by atoms with Crippen molar-refractivity contribution < 1.29 is 23.5 Å². The van der Waals surface area contributed by atoms with Crippen LogP contribution in [0.15, 0.2) is 51.0 Å². The van der Waals surface area contributed by atoms with Crippen LogP contribution in [0, 0.1) is 0 Å². The fourth-order valence-electron chi connectivity index (χ4n) is 2.94. The Kier molecular flexibility index (Phi) is 4.91. The number of hydrogen-bond acceptors (Lipinski definition) is 8. The van der Waals surface area contributed by atoms with Crippen molar-refractivity contribution in [3.05, 3.63) is 58.3 Å². The molecular weight excluding hydrogens is 384 g/mol. The molecule has 0 bridgehead atoms. The van der Waals surface area contributed by atoms with E-state index in [0.717, 1.165) is 0 Å². The zero-order chi connectivity index (χ0) is 19.7. The van der Waals surface area contributed by atoms with Crippen LogP contribution >= 0.6 is 11.8 Å². The van der Waals surface area contributed by atoms with Crippen molar-refractivity contribution in [2.75, 3.05) is 13.7 Å². The number of aromatic nitrogens is 2. The molecule has 8 nitrogen and oxygen atoms in total. The molecule has 1 aliphatic rings. The lowest BCUT2D eigenvalue weighted by Crippen LogP contribution is -2.25. The van der Waals surface area contributed by atoms with E-state index in [-0.39, 0.29) is 18.1 Å². The van der Waals surface area contributed by atoms with E-state index in [0.29, 0.717) is 40.4 Å². The number of thioether (sulfide) groups is 1. The van der Waals surface area contributed by atoms with Gasteiger partial charge in [0.25, 0.3) is 5.56 Å². The van der Waals surface area contributed by atoms with Crippen molar-refractivity contribution in [3.8, 4) is 0 Å². The summed E-state index contributed by atoms with van der Waals surface area (Å²) in [5.41, 5.74) is 0.367. The van der Waals surface area contributed by atoms with Gasteiger partial charge in [0, 0.05) is 6.42 Å². The molecule has 0 aliphatic carbocycles. The number of nitrogens with zero attached hydrogens (tertiary/aromatic N) is 2. The Morgan fingerprint density at radius 1 is 1.36 bits per heavy atom. The maximum atomic E-state index is 13.1. The lowest BCUT2D eigenvalue weighted by atomic mass is 10.1. The molecular formula is C19H16N2O6S. The van der Waals surface area contributed by atoms with Crippen molar-refractivity contribution in [3.63, 3.8) is 0 Å². The molecule has 3 heterocycles. The van der Waals surface area contributed by atoms with Gasteiger partial charge < -0.3 is 13.9 Å². The Morgan fingerprint density at radius 3 is 2.89 bits per heavy atom. The number of esters is 2. The maximum absolute atomic E-state index is 13.1. The van der Waals surface area contributed by atoms with Crippen LogP contribution in [-0.4, -0.2) is 40.5 Å². The van der Waals surface area contributed by atoms with E-state index in [1.54, 1.807) is 18.2 Å². The molecule has 3 aromatic rings. The standard InChI is InChI=1S/C19H16N2O6S/c1-25-17(23)11-4-5-13-14(9-11)20-19(28-15-6-8-27-18(15)24)21(16(13)22)10-12-3-2-7-26-12/h2-5,7,9,15H,6,8,10H2,1H3/t15-/m0/s1. The number of benzene rings is 1. The minimum absolute atomic E-state index is 0.178. The van der Waals surface area contributed by atoms with Crippen molar-refractivity contribution in [1.82, 2.24) is 9.55 Å². The predicted molar refractivity (Wildman–Crippen MR) is 100 cm³/mol. The van der Waals surface area contributed by atoms with Gasteiger partial charge in [0.1, 0.15) is 11.0 Å². The number of furan rings is 1. The number of cyclic esters (lactones) is 1. The Labute approximate surface area is 163 Å². The topological polar surface area (TPSA) is 101 Å². The van der Waals surface area contributed by atoms with Gasteiger partial charge >= 0.3 is 11.9 Å². The molecule has 1 fully saturated rings. The quantitative estimate of drug-likeness (QED) is 0.475. The largest absolute Gasteiger partial charge is 0.467 e. The van der Waals surface area contributed by atoms with Crippen LogP contribution in [-0.2, 0) is 20.8 Å². The minimum Gasteiger partial charge on any atom is -0.467 e. The average Bonchev–Trinajstić information content (AvgIpc) is 3.36. The molecule has 1 aliphatic heterocycles. The molecule has 144 valence electrons. The minimum atomic E-state index is -0.517. The third-order valence-corrected chi connectivity index (χ3v) is 5.61. The molecule has 4 rings (SSSR count). The van der Waals surface area contributed by atoms with E-state index in [2.05, 4.69) is 4.98 Å². The summed E-state index contributed by atoms with van der Waals surface area (Å²) in [6, 6.07) is 8.08. The lowest BCUT2D eigenvalue weighted by molar-refractivity contribution is -0.137. The second-order valence-electron chi connectivity index (χ2n) is 6.15. The summed E-state index contributed by atoms with van der Waals surface area (Å²) < 4.78 is 16.6. The van der Waals surface area contributed by atoms with Gasteiger partial charge in [-0.25, -0.2) is 9.78 Å². The first-order valence-corrected chi connectivity index (χ1v) is 9.43. The maximum Gasteiger partial charge on any atom is 0.337 e. The molecule has 0 N–H and O–H groups in total. The Balaban J connectivity index is 1.84. The summed E-state index contributed by atoms with van der Waals surface area (Å²) >= 11 is 1.18. The fraction of sp³-hybridized carbons (Fsp3) is 0.263. The van der Waals surface area contributed by atoms with Crippen molar-refractivity contribution in [2.45, 2.75) is 23.4 Å². The summed E-state index contributed by atoms with van der Waals surface area (Å²) in [5.74, 6) is -0.255. The zero-order valence-electron chi connectivity index (χ0n) is 14.9. The van der Waals surface area contributed by atoms with Crippen LogP contribution in [0.25, 0.3) is 10.9 Å². The third-order valence-electron chi connectivity index (χ3n) is 4.37. The normalized spacial score (nSPS) is 16.3. The van der Waals surface area contributed by atoms with Crippen molar-refractivity contribution in [2.24, 2.45) is 0 Å². The summed E-state index contributed by atoms with van der Waals surface area (Å²) in [4.78, 5) is 41.4. The smallest absolute Gasteiger partial charge is 0.337 e. The second kappa shape index (κ2) is 7.51. The van der Waals surface area contributed by atoms with Gasteiger partial charge in [-0.15, -0.1) is 0 Å². The summed E-state index contributed by atoms with van der Waals surface area (Å²) in [6.45, 7) is 0.524. The van der Waals surface area contributed by atoms with Gasteiger partial charge in [0.2, 0.25) is 0 Å². The number of carbonyl (C=O) groups is 2. The molecule has 0 amide bonds. The van der Waals surface area contributed by atoms with Crippen LogP contribution in [0.5, 0.6) is 0 Å².